The third-order valence-corrected chi connectivity index (χ3v) is 6.77. The van der Waals surface area contributed by atoms with Crippen LogP contribution in [-0.2, 0) is 10.2 Å². The van der Waals surface area contributed by atoms with Crippen LogP contribution in [0.15, 0.2) is 24.3 Å². The van der Waals surface area contributed by atoms with Crippen molar-refractivity contribution in [3.63, 3.8) is 0 Å². The van der Waals surface area contributed by atoms with Crippen LogP contribution in [0.3, 0.4) is 0 Å². The zero-order valence-corrected chi connectivity index (χ0v) is 16.1. The van der Waals surface area contributed by atoms with Gasteiger partial charge < -0.3 is 25.8 Å². The number of carbonyl (C=O) groups excluding carboxylic acids is 1. The third-order valence-electron chi connectivity index (χ3n) is 6.77. The summed E-state index contributed by atoms with van der Waals surface area (Å²) in [6, 6.07) is 7.81. The molecule has 1 aromatic carbocycles. The average Bonchev–Trinajstić information content (AvgIpc) is 2.72. The highest BCUT2D eigenvalue weighted by molar-refractivity contribution is 6.43. The lowest BCUT2D eigenvalue weighted by Gasteiger charge is -2.53. The molecule has 4 rings (SSSR count). The molecule has 5 N–H and O–H groups in total. The number of hydrogen-bond acceptors (Lipinski definition) is 5. The number of rotatable bonds is 8. The number of nitrogens with two attached hydrogens (primary N) is 1. The minimum Gasteiger partial charge on any atom is -0.426 e. The minimum atomic E-state index is -1.59. The van der Waals surface area contributed by atoms with Gasteiger partial charge in [-0.25, -0.2) is 0 Å². The van der Waals surface area contributed by atoms with Crippen molar-refractivity contribution in [1.29, 1.82) is 0 Å². The molecule has 0 aliphatic heterocycles. The molecule has 2 bridgehead atoms. The first-order valence-electron chi connectivity index (χ1n) is 9.96. The van der Waals surface area contributed by atoms with E-state index in [1.807, 2.05) is 19.2 Å². The summed E-state index contributed by atoms with van der Waals surface area (Å²) in [6.07, 6.45) is 7.74. The molecule has 0 heterocycles. The molecule has 1 unspecified atom stereocenters. The molecule has 3 aliphatic rings. The molecule has 1 amide bonds. The summed E-state index contributed by atoms with van der Waals surface area (Å²) in [5.74, 6) is -1.00. The molecular weight excluding hydrogens is 343 g/mol. The van der Waals surface area contributed by atoms with E-state index in [0.29, 0.717) is 24.9 Å². The van der Waals surface area contributed by atoms with Crippen LogP contribution in [0.1, 0.15) is 67.3 Å². The van der Waals surface area contributed by atoms with E-state index in [2.05, 4.69) is 17.4 Å². The van der Waals surface area contributed by atoms with Crippen molar-refractivity contribution < 1.29 is 19.6 Å². The number of methoxy groups -OCH3 is 1. The van der Waals surface area contributed by atoms with Crippen molar-refractivity contribution in [2.45, 2.75) is 68.3 Å². The van der Waals surface area contributed by atoms with Gasteiger partial charge in [-0.1, -0.05) is 12.1 Å². The molecule has 3 aliphatic carbocycles. The van der Waals surface area contributed by atoms with Gasteiger partial charge in [-0.05, 0) is 81.0 Å². The number of benzene rings is 1. The zero-order valence-electron chi connectivity index (χ0n) is 16.1. The Bertz CT molecular complexity index is 625. The Balaban J connectivity index is 1.66. The van der Waals surface area contributed by atoms with Gasteiger partial charge in [0.15, 0.2) is 0 Å². The minimum absolute atomic E-state index is 0.0885. The van der Waals surface area contributed by atoms with E-state index in [4.69, 9.17) is 10.5 Å². The van der Waals surface area contributed by atoms with Crippen LogP contribution < -0.4 is 11.1 Å². The Kier molecular flexibility index (Phi) is 6.26. The van der Waals surface area contributed by atoms with Crippen molar-refractivity contribution in [2.24, 2.45) is 5.73 Å². The van der Waals surface area contributed by atoms with Crippen molar-refractivity contribution in [3.8, 4) is 0 Å². The van der Waals surface area contributed by atoms with E-state index in [9.17, 15) is 14.8 Å². The first-order valence-corrected chi connectivity index (χ1v) is 9.96. The van der Waals surface area contributed by atoms with E-state index in [1.54, 1.807) is 0 Å². The molecule has 148 valence electrons. The van der Waals surface area contributed by atoms with Gasteiger partial charge in [-0.2, -0.15) is 0 Å². The molecule has 27 heavy (non-hydrogen) atoms. The Morgan fingerprint density at radius 1 is 1.19 bits per heavy atom. The highest BCUT2D eigenvalue weighted by atomic mass is 16.5. The van der Waals surface area contributed by atoms with Crippen LogP contribution in [0, 0.1) is 0 Å². The SMILES string of the molecule is COC12CCC(c3ccc(C(=O)NC(CCCN)B(O)O)cc3)(CC1)CC2. The predicted molar refractivity (Wildman–Crippen MR) is 105 cm³/mol. The Labute approximate surface area is 161 Å². The summed E-state index contributed by atoms with van der Waals surface area (Å²) in [4.78, 5) is 12.5. The maximum absolute atomic E-state index is 12.5. The van der Waals surface area contributed by atoms with Gasteiger partial charge in [0.05, 0.1) is 11.5 Å². The molecule has 7 heteroatoms. The first-order chi connectivity index (χ1) is 12.9. The van der Waals surface area contributed by atoms with Crippen molar-refractivity contribution >= 4 is 13.0 Å². The molecule has 3 saturated carbocycles. The predicted octanol–water partition coefficient (Wildman–Crippen LogP) is 1.53. The van der Waals surface area contributed by atoms with Gasteiger partial charge in [-0.15, -0.1) is 0 Å². The highest BCUT2D eigenvalue weighted by Gasteiger charge is 2.49. The first kappa shape index (κ1) is 20.3. The molecule has 3 fully saturated rings. The topological polar surface area (TPSA) is 105 Å². The zero-order chi connectivity index (χ0) is 19.5. The summed E-state index contributed by atoms with van der Waals surface area (Å²) >= 11 is 0. The fourth-order valence-electron chi connectivity index (χ4n) is 4.75. The molecule has 0 aromatic heterocycles. The lowest BCUT2D eigenvalue weighted by molar-refractivity contribution is -0.0955. The maximum Gasteiger partial charge on any atom is 0.475 e. The summed E-state index contributed by atoms with van der Waals surface area (Å²) in [5.41, 5.74) is 7.60. The second-order valence-corrected chi connectivity index (χ2v) is 8.17. The van der Waals surface area contributed by atoms with Crippen molar-refractivity contribution in [2.75, 3.05) is 13.7 Å². The summed E-state index contributed by atoms with van der Waals surface area (Å²) in [6.45, 7) is 0.445. The third kappa shape index (κ3) is 4.21. The van der Waals surface area contributed by atoms with Crippen LogP contribution >= 0.6 is 0 Å². The Morgan fingerprint density at radius 3 is 2.26 bits per heavy atom. The maximum atomic E-state index is 12.5. The standard InChI is InChI=1S/C20H31BN2O4/c1-27-20-11-8-19(9-12-20,10-13-20)16-6-4-15(5-7-16)18(24)23-17(21(25)26)3-2-14-22/h4-7,17,25-26H,2-3,8-14,22H2,1H3,(H,23,24). The lowest BCUT2D eigenvalue weighted by atomic mass is 9.56. The van der Waals surface area contributed by atoms with E-state index < -0.39 is 13.1 Å². The van der Waals surface area contributed by atoms with Gasteiger partial charge in [0.25, 0.3) is 5.91 Å². The van der Waals surface area contributed by atoms with Crippen LogP contribution in [0.2, 0.25) is 0 Å². The number of ether oxygens (including phenoxy) is 1. The summed E-state index contributed by atoms with van der Waals surface area (Å²) in [5, 5.41) is 21.6. The quantitative estimate of drug-likeness (QED) is 0.517. The Morgan fingerprint density at radius 2 is 1.78 bits per heavy atom. The largest absolute Gasteiger partial charge is 0.475 e. The van der Waals surface area contributed by atoms with E-state index in [-0.39, 0.29) is 16.9 Å². The van der Waals surface area contributed by atoms with Crippen LogP contribution in [-0.4, -0.2) is 48.3 Å². The normalized spacial score (nSPS) is 28.0. The van der Waals surface area contributed by atoms with Crippen LogP contribution in [0.5, 0.6) is 0 Å². The number of carbonyl (C=O) groups is 1. The van der Waals surface area contributed by atoms with Crippen molar-refractivity contribution in [3.05, 3.63) is 35.4 Å². The van der Waals surface area contributed by atoms with E-state index >= 15 is 0 Å². The number of nitrogens with one attached hydrogen (secondary N) is 1. The van der Waals surface area contributed by atoms with Gasteiger partial charge in [0.1, 0.15) is 0 Å². The van der Waals surface area contributed by atoms with Crippen LogP contribution in [0.4, 0.5) is 0 Å². The Hall–Kier alpha value is -1.41. The molecule has 1 aromatic rings. The van der Waals surface area contributed by atoms with E-state index in [0.717, 1.165) is 38.5 Å². The van der Waals surface area contributed by atoms with Gasteiger partial charge >= 0.3 is 7.12 Å². The molecule has 0 radical (unpaired) electrons. The van der Waals surface area contributed by atoms with Crippen molar-refractivity contribution in [1.82, 2.24) is 5.32 Å². The van der Waals surface area contributed by atoms with E-state index in [1.165, 1.54) is 5.56 Å². The summed E-state index contributed by atoms with van der Waals surface area (Å²) < 4.78 is 5.78. The fraction of sp³-hybridized carbons (Fsp3) is 0.650. The number of hydrogen-bond donors (Lipinski definition) is 4. The molecule has 0 spiro atoms. The van der Waals surface area contributed by atoms with Gasteiger partial charge in [0, 0.05) is 12.7 Å². The lowest BCUT2D eigenvalue weighted by Crippen LogP contribution is -2.49. The molecule has 0 saturated heterocycles. The smallest absolute Gasteiger partial charge is 0.426 e. The average molecular weight is 374 g/mol. The number of fused-ring (bicyclic) bond motifs is 3. The van der Waals surface area contributed by atoms with Gasteiger partial charge in [0.2, 0.25) is 0 Å². The van der Waals surface area contributed by atoms with Gasteiger partial charge in [-0.3, -0.25) is 4.79 Å². The summed E-state index contributed by atoms with van der Waals surface area (Å²) in [7, 11) is 0.236. The molecule has 6 nitrogen and oxygen atoms in total. The second kappa shape index (κ2) is 8.31. The second-order valence-electron chi connectivity index (χ2n) is 8.17. The fourth-order valence-corrected chi connectivity index (χ4v) is 4.75. The van der Waals surface area contributed by atoms with Crippen LogP contribution in [0.25, 0.3) is 0 Å². The number of amides is 1. The monoisotopic (exact) mass is 374 g/mol. The molecular formula is C20H31BN2O4. The highest BCUT2D eigenvalue weighted by Crippen LogP contribution is 2.54. The molecule has 1 atom stereocenters.